The van der Waals surface area contributed by atoms with Gasteiger partial charge >= 0.3 is 0 Å². The normalized spacial score (nSPS) is 12.3. The van der Waals surface area contributed by atoms with Gasteiger partial charge in [-0.2, -0.15) is 0 Å². The molecule has 0 aromatic heterocycles. The van der Waals surface area contributed by atoms with E-state index in [4.69, 9.17) is 23.2 Å². The number of nitrogens with zero attached hydrogens (tertiary/aromatic N) is 1. The lowest BCUT2D eigenvalue weighted by Crippen LogP contribution is -2.31. The summed E-state index contributed by atoms with van der Waals surface area (Å²) in [6.45, 7) is 2.62. The molecule has 0 radical (unpaired) electrons. The lowest BCUT2D eigenvalue weighted by Gasteiger charge is -2.18. The molecule has 5 heteroatoms. The third-order valence-electron chi connectivity index (χ3n) is 2.04. The predicted octanol–water partition coefficient (Wildman–Crippen LogP) is 3.85. The molecule has 1 unspecified atom stereocenters. The van der Waals surface area contributed by atoms with E-state index in [0.29, 0.717) is 22.2 Å². The molecule has 0 aliphatic carbocycles. The molecule has 1 amide bonds. The number of amides is 1. The Morgan fingerprint density at radius 1 is 1.44 bits per heavy atom. The number of rotatable bonds is 3. The fourth-order valence-corrected chi connectivity index (χ4v) is 2.04. The molecule has 0 spiro atoms. The van der Waals surface area contributed by atoms with Gasteiger partial charge in [-0.15, -0.1) is 0 Å². The molecule has 1 aromatic rings. The van der Waals surface area contributed by atoms with Gasteiger partial charge in [0.2, 0.25) is 0 Å². The number of benzene rings is 1. The zero-order valence-corrected chi connectivity index (χ0v) is 12.1. The smallest absolute Gasteiger partial charge is 0.253 e. The van der Waals surface area contributed by atoms with Crippen LogP contribution in [0.4, 0.5) is 0 Å². The Hall–Kier alpha value is -0.250. The zero-order valence-electron chi connectivity index (χ0n) is 9.01. The topological polar surface area (TPSA) is 20.3 Å². The number of carbonyl (C=O) groups excluding carboxylic acids is 1. The number of carbonyl (C=O) groups is 1. The van der Waals surface area contributed by atoms with Crippen molar-refractivity contribution in [2.24, 2.45) is 0 Å². The van der Waals surface area contributed by atoms with Crippen LogP contribution in [0.2, 0.25) is 10.0 Å². The summed E-state index contributed by atoms with van der Waals surface area (Å²) in [5.41, 5.74) is 0.546. The van der Waals surface area contributed by atoms with Crippen LogP contribution in [0.15, 0.2) is 18.2 Å². The largest absolute Gasteiger partial charge is 0.341 e. The monoisotopic (exact) mass is 323 g/mol. The van der Waals surface area contributed by atoms with E-state index in [0.717, 1.165) is 0 Å². The first kappa shape index (κ1) is 13.8. The van der Waals surface area contributed by atoms with E-state index in [2.05, 4.69) is 15.9 Å². The third kappa shape index (κ3) is 3.65. The van der Waals surface area contributed by atoms with Crippen LogP contribution in [0.3, 0.4) is 0 Å². The Kier molecular flexibility index (Phi) is 5.09. The Balaban J connectivity index is 2.84. The SMILES string of the molecule is CC(Br)CN(C)C(=O)c1ccc(Cl)c(Cl)c1. The van der Waals surface area contributed by atoms with E-state index in [1.807, 2.05) is 6.92 Å². The molecule has 0 saturated heterocycles. The Morgan fingerprint density at radius 2 is 2.06 bits per heavy atom. The molecule has 0 N–H and O–H groups in total. The van der Waals surface area contributed by atoms with Crippen LogP contribution in [0.5, 0.6) is 0 Å². The number of alkyl halides is 1. The first-order valence-electron chi connectivity index (χ1n) is 4.76. The van der Waals surface area contributed by atoms with Crippen LogP contribution in [0.25, 0.3) is 0 Å². The van der Waals surface area contributed by atoms with E-state index in [9.17, 15) is 4.79 Å². The van der Waals surface area contributed by atoms with Gasteiger partial charge in [0.05, 0.1) is 10.0 Å². The summed E-state index contributed by atoms with van der Waals surface area (Å²) < 4.78 is 0. The maximum absolute atomic E-state index is 11.9. The second kappa shape index (κ2) is 5.89. The fraction of sp³-hybridized carbons (Fsp3) is 0.364. The van der Waals surface area contributed by atoms with Crippen molar-refractivity contribution in [1.29, 1.82) is 0 Å². The third-order valence-corrected chi connectivity index (χ3v) is 3.07. The molecular formula is C11H12BrCl2NO. The standard InChI is InChI=1S/C11H12BrCl2NO/c1-7(12)6-15(2)11(16)8-3-4-9(13)10(14)5-8/h3-5,7H,6H2,1-2H3. The van der Waals surface area contributed by atoms with Crippen molar-refractivity contribution in [2.75, 3.05) is 13.6 Å². The first-order valence-corrected chi connectivity index (χ1v) is 6.43. The van der Waals surface area contributed by atoms with Crippen molar-refractivity contribution in [3.63, 3.8) is 0 Å². The van der Waals surface area contributed by atoms with Gasteiger partial charge in [0, 0.05) is 24.0 Å². The molecule has 1 atom stereocenters. The van der Waals surface area contributed by atoms with Gasteiger partial charge < -0.3 is 4.90 Å². The highest BCUT2D eigenvalue weighted by molar-refractivity contribution is 9.09. The molecular weight excluding hydrogens is 313 g/mol. The number of halogens is 3. The van der Waals surface area contributed by atoms with Gasteiger partial charge in [-0.25, -0.2) is 0 Å². The van der Waals surface area contributed by atoms with Crippen molar-refractivity contribution < 1.29 is 4.79 Å². The molecule has 16 heavy (non-hydrogen) atoms. The minimum Gasteiger partial charge on any atom is -0.341 e. The van der Waals surface area contributed by atoms with Gasteiger partial charge in [-0.05, 0) is 18.2 Å². The molecule has 0 bridgehead atoms. The quantitative estimate of drug-likeness (QED) is 0.773. The van der Waals surface area contributed by atoms with Crippen molar-refractivity contribution in [3.8, 4) is 0 Å². The van der Waals surface area contributed by atoms with E-state index in [1.54, 1.807) is 30.1 Å². The molecule has 88 valence electrons. The summed E-state index contributed by atoms with van der Waals surface area (Å²) in [6.07, 6.45) is 0. The summed E-state index contributed by atoms with van der Waals surface area (Å²) in [4.78, 5) is 13.8. The molecule has 2 nitrogen and oxygen atoms in total. The van der Waals surface area contributed by atoms with Crippen LogP contribution in [-0.4, -0.2) is 29.2 Å². The second-order valence-electron chi connectivity index (χ2n) is 3.60. The van der Waals surface area contributed by atoms with Crippen LogP contribution < -0.4 is 0 Å². The average molecular weight is 325 g/mol. The number of hydrogen-bond donors (Lipinski definition) is 0. The van der Waals surface area contributed by atoms with Gasteiger partial charge in [-0.3, -0.25) is 4.79 Å². The molecule has 0 aliphatic heterocycles. The van der Waals surface area contributed by atoms with Crippen LogP contribution in [0.1, 0.15) is 17.3 Å². The molecule has 0 heterocycles. The average Bonchev–Trinajstić information content (AvgIpc) is 2.20. The lowest BCUT2D eigenvalue weighted by molar-refractivity contribution is 0.0797. The molecule has 0 saturated carbocycles. The second-order valence-corrected chi connectivity index (χ2v) is 5.97. The zero-order chi connectivity index (χ0) is 12.3. The summed E-state index contributed by atoms with van der Waals surface area (Å²) >= 11 is 15.0. The first-order chi connectivity index (χ1) is 7.41. The van der Waals surface area contributed by atoms with E-state index in [1.165, 1.54) is 0 Å². The highest BCUT2D eigenvalue weighted by atomic mass is 79.9. The molecule has 1 rings (SSSR count). The Morgan fingerprint density at radius 3 is 2.56 bits per heavy atom. The summed E-state index contributed by atoms with van der Waals surface area (Å²) in [5.74, 6) is -0.0649. The van der Waals surface area contributed by atoms with Crippen molar-refractivity contribution in [2.45, 2.75) is 11.8 Å². The van der Waals surface area contributed by atoms with Gasteiger partial charge in [-0.1, -0.05) is 46.1 Å². The van der Waals surface area contributed by atoms with Crippen LogP contribution >= 0.6 is 39.1 Å². The maximum atomic E-state index is 11.9. The maximum Gasteiger partial charge on any atom is 0.253 e. The summed E-state index contributed by atoms with van der Waals surface area (Å²) in [5, 5.41) is 0.850. The summed E-state index contributed by atoms with van der Waals surface area (Å²) in [6, 6.07) is 4.89. The molecule has 1 aromatic carbocycles. The van der Waals surface area contributed by atoms with Gasteiger partial charge in [0.1, 0.15) is 0 Å². The Bertz CT molecular complexity index is 396. The van der Waals surface area contributed by atoms with Crippen molar-refractivity contribution in [1.82, 2.24) is 4.90 Å². The van der Waals surface area contributed by atoms with E-state index >= 15 is 0 Å². The highest BCUT2D eigenvalue weighted by Gasteiger charge is 2.14. The van der Waals surface area contributed by atoms with E-state index < -0.39 is 0 Å². The van der Waals surface area contributed by atoms with Gasteiger partial charge in [0.25, 0.3) is 5.91 Å². The fourth-order valence-electron chi connectivity index (χ4n) is 1.31. The predicted molar refractivity (Wildman–Crippen MR) is 71.8 cm³/mol. The van der Waals surface area contributed by atoms with Gasteiger partial charge in [0.15, 0.2) is 0 Å². The minimum atomic E-state index is -0.0649. The highest BCUT2D eigenvalue weighted by Crippen LogP contribution is 2.23. The van der Waals surface area contributed by atoms with Crippen molar-refractivity contribution >= 4 is 45.0 Å². The lowest BCUT2D eigenvalue weighted by atomic mass is 10.2. The molecule has 0 aliphatic rings. The molecule has 0 fully saturated rings. The van der Waals surface area contributed by atoms with Crippen molar-refractivity contribution in [3.05, 3.63) is 33.8 Å². The number of hydrogen-bond acceptors (Lipinski definition) is 1. The minimum absolute atomic E-state index is 0.0649. The summed E-state index contributed by atoms with van der Waals surface area (Å²) in [7, 11) is 1.75. The van der Waals surface area contributed by atoms with Crippen LogP contribution in [0, 0.1) is 0 Å². The van der Waals surface area contributed by atoms with Crippen LogP contribution in [-0.2, 0) is 0 Å². The van der Waals surface area contributed by atoms with E-state index in [-0.39, 0.29) is 10.7 Å². The Labute approximate surface area is 114 Å².